The molecular weight excluding hydrogens is 274 g/mol. The van der Waals surface area contributed by atoms with E-state index in [9.17, 15) is 4.79 Å². The highest BCUT2D eigenvalue weighted by Crippen LogP contribution is 2.21. The Morgan fingerprint density at radius 3 is 2.80 bits per heavy atom. The molecule has 0 radical (unpaired) electrons. The Bertz CT molecular complexity index is 857. The first-order valence-electron chi connectivity index (χ1n) is 6.13. The van der Waals surface area contributed by atoms with Crippen LogP contribution in [-0.2, 0) is 7.05 Å². The molecule has 6 heteroatoms. The van der Waals surface area contributed by atoms with E-state index >= 15 is 0 Å². The molecule has 0 N–H and O–H groups in total. The maximum atomic E-state index is 11.9. The average Bonchev–Trinajstić information content (AvgIpc) is 3.02. The van der Waals surface area contributed by atoms with Gasteiger partial charge in [0.1, 0.15) is 0 Å². The van der Waals surface area contributed by atoms with Crippen LogP contribution in [0.2, 0.25) is 0 Å². The molecule has 2 heterocycles. The predicted octanol–water partition coefficient (Wildman–Crippen LogP) is 2.59. The Morgan fingerprint density at radius 2 is 2.10 bits per heavy atom. The zero-order valence-corrected chi connectivity index (χ0v) is 12.2. The third-order valence-electron chi connectivity index (χ3n) is 3.27. The van der Waals surface area contributed by atoms with Crippen molar-refractivity contribution in [3.05, 3.63) is 46.1 Å². The van der Waals surface area contributed by atoms with Crippen LogP contribution in [-0.4, -0.2) is 15.6 Å². The lowest BCUT2D eigenvalue weighted by Gasteiger charge is -2.00. The van der Waals surface area contributed by atoms with Gasteiger partial charge in [-0.1, -0.05) is 16.5 Å². The standard InChI is InChI=1S/C14H13N3O2S/c1-8-6-10-12(7-9(8)2)20-14(17(10)3)16-13(18)11-4-5-15-19-11/h4-7H,1-3H3. The van der Waals surface area contributed by atoms with Crippen molar-refractivity contribution in [1.82, 2.24) is 9.72 Å². The number of fused-ring (bicyclic) bond motifs is 1. The van der Waals surface area contributed by atoms with Crippen molar-refractivity contribution in [3.63, 3.8) is 0 Å². The van der Waals surface area contributed by atoms with Gasteiger partial charge in [0.05, 0.1) is 16.4 Å². The van der Waals surface area contributed by atoms with Crippen molar-refractivity contribution in [3.8, 4) is 0 Å². The fourth-order valence-corrected chi connectivity index (χ4v) is 3.05. The van der Waals surface area contributed by atoms with Gasteiger partial charge in [0.15, 0.2) is 4.80 Å². The van der Waals surface area contributed by atoms with E-state index in [1.165, 1.54) is 34.7 Å². The second-order valence-electron chi connectivity index (χ2n) is 4.64. The van der Waals surface area contributed by atoms with Gasteiger partial charge in [0.2, 0.25) is 5.76 Å². The molecule has 20 heavy (non-hydrogen) atoms. The summed E-state index contributed by atoms with van der Waals surface area (Å²) < 4.78 is 7.85. The molecule has 0 saturated heterocycles. The van der Waals surface area contributed by atoms with Crippen LogP contribution in [0.3, 0.4) is 0 Å². The zero-order chi connectivity index (χ0) is 14.3. The highest BCUT2D eigenvalue weighted by molar-refractivity contribution is 7.16. The van der Waals surface area contributed by atoms with E-state index < -0.39 is 5.91 Å². The van der Waals surface area contributed by atoms with Crippen LogP contribution in [0, 0.1) is 13.8 Å². The van der Waals surface area contributed by atoms with Crippen LogP contribution < -0.4 is 4.80 Å². The summed E-state index contributed by atoms with van der Waals surface area (Å²) in [5, 5.41) is 3.51. The number of aryl methyl sites for hydroxylation is 3. The van der Waals surface area contributed by atoms with E-state index in [0.717, 1.165) is 10.2 Å². The molecule has 1 aromatic carbocycles. The number of carbonyl (C=O) groups excluding carboxylic acids is 1. The van der Waals surface area contributed by atoms with Crippen molar-refractivity contribution < 1.29 is 9.32 Å². The van der Waals surface area contributed by atoms with Crippen molar-refractivity contribution in [2.24, 2.45) is 12.0 Å². The normalized spacial score (nSPS) is 12.2. The van der Waals surface area contributed by atoms with Gasteiger partial charge >= 0.3 is 5.91 Å². The number of rotatable bonds is 1. The van der Waals surface area contributed by atoms with Gasteiger partial charge in [-0.25, -0.2) is 0 Å². The van der Waals surface area contributed by atoms with E-state index in [0.29, 0.717) is 4.80 Å². The van der Waals surface area contributed by atoms with E-state index in [1.807, 2.05) is 11.6 Å². The first-order chi connectivity index (χ1) is 9.56. The van der Waals surface area contributed by atoms with E-state index in [2.05, 4.69) is 36.1 Å². The van der Waals surface area contributed by atoms with Crippen LogP contribution in [0.4, 0.5) is 0 Å². The summed E-state index contributed by atoms with van der Waals surface area (Å²) in [6, 6.07) is 5.74. The molecule has 5 nitrogen and oxygen atoms in total. The molecule has 2 aromatic heterocycles. The first kappa shape index (κ1) is 12.8. The second-order valence-corrected chi connectivity index (χ2v) is 5.65. The molecular formula is C14H13N3O2S. The van der Waals surface area contributed by atoms with Crippen LogP contribution in [0.15, 0.2) is 33.9 Å². The maximum absolute atomic E-state index is 11.9. The summed E-state index contributed by atoms with van der Waals surface area (Å²) in [7, 11) is 1.90. The monoisotopic (exact) mass is 287 g/mol. The molecule has 0 fully saturated rings. The lowest BCUT2D eigenvalue weighted by Crippen LogP contribution is -2.13. The van der Waals surface area contributed by atoms with Crippen molar-refractivity contribution in [1.29, 1.82) is 0 Å². The van der Waals surface area contributed by atoms with Crippen molar-refractivity contribution in [2.45, 2.75) is 13.8 Å². The summed E-state index contributed by atoms with van der Waals surface area (Å²) in [6.45, 7) is 4.15. The summed E-state index contributed by atoms with van der Waals surface area (Å²) in [5.74, 6) is -0.270. The van der Waals surface area contributed by atoms with Gasteiger partial charge in [-0.2, -0.15) is 4.99 Å². The molecule has 0 bridgehead atoms. The Balaban J connectivity index is 2.17. The third kappa shape index (κ3) is 2.08. The summed E-state index contributed by atoms with van der Waals surface area (Å²) in [4.78, 5) is 16.7. The number of hydrogen-bond acceptors (Lipinski definition) is 4. The smallest absolute Gasteiger partial charge is 0.318 e. The van der Waals surface area contributed by atoms with E-state index in [-0.39, 0.29) is 5.76 Å². The molecule has 1 amide bonds. The minimum Gasteiger partial charge on any atom is -0.351 e. The highest BCUT2D eigenvalue weighted by atomic mass is 32.1. The zero-order valence-electron chi connectivity index (χ0n) is 11.4. The number of benzene rings is 1. The molecule has 3 aromatic rings. The summed E-state index contributed by atoms with van der Waals surface area (Å²) in [5.41, 5.74) is 3.52. The summed E-state index contributed by atoms with van der Waals surface area (Å²) in [6.07, 6.45) is 1.43. The molecule has 0 atom stereocenters. The quantitative estimate of drug-likeness (QED) is 0.691. The number of aromatic nitrogens is 2. The fraction of sp³-hybridized carbons (Fsp3) is 0.214. The molecule has 0 saturated carbocycles. The number of thiazole rings is 1. The first-order valence-corrected chi connectivity index (χ1v) is 6.94. The maximum Gasteiger partial charge on any atom is 0.318 e. The molecule has 0 spiro atoms. The third-order valence-corrected chi connectivity index (χ3v) is 4.37. The minimum absolute atomic E-state index is 0.148. The van der Waals surface area contributed by atoms with Gasteiger partial charge in [-0.05, 0) is 37.1 Å². The number of amides is 1. The molecule has 0 aliphatic heterocycles. The van der Waals surface area contributed by atoms with Gasteiger partial charge in [-0.15, -0.1) is 0 Å². The Hall–Kier alpha value is -2.21. The second kappa shape index (κ2) is 4.72. The lowest BCUT2D eigenvalue weighted by molar-refractivity contribution is 0.0962. The van der Waals surface area contributed by atoms with Gasteiger partial charge < -0.3 is 9.09 Å². The van der Waals surface area contributed by atoms with Crippen LogP contribution in [0.25, 0.3) is 10.2 Å². The predicted molar refractivity (Wildman–Crippen MR) is 76.7 cm³/mol. The molecule has 0 aliphatic rings. The van der Waals surface area contributed by atoms with Gasteiger partial charge in [0, 0.05) is 13.1 Å². The van der Waals surface area contributed by atoms with Crippen molar-refractivity contribution in [2.75, 3.05) is 0 Å². The van der Waals surface area contributed by atoms with E-state index in [1.54, 1.807) is 0 Å². The molecule has 102 valence electrons. The number of hydrogen-bond donors (Lipinski definition) is 0. The number of nitrogens with zero attached hydrogens (tertiary/aromatic N) is 3. The Morgan fingerprint density at radius 1 is 1.35 bits per heavy atom. The van der Waals surface area contributed by atoms with Gasteiger partial charge in [0.25, 0.3) is 0 Å². The topological polar surface area (TPSA) is 60.4 Å². The SMILES string of the molecule is Cc1cc2sc(=NC(=O)c3ccno3)n(C)c2cc1C. The summed E-state index contributed by atoms with van der Waals surface area (Å²) >= 11 is 1.49. The highest BCUT2D eigenvalue weighted by Gasteiger charge is 2.10. The molecule has 3 rings (SSSR count). The van der Waals surface area contributed by atoms with Gasteiger partial charge in [-0.3, -0.25) is 4.79 Å². The molecule has 0 aliphatic carbocycles. The van der Waals surface area contributed by atoms with Crippen LogP contribution in [0.1, 0.15) is 21.7 Å². The van der Waals surface area contributed by atoms with Crippen LogP contribution >= 0.6 is 11.3 Å². The van der Waals surface area contributed by atoms with Crippen molar-refractivity contribution >= 4 is 27.5 Å². The lowest BCUT2D eigenvalue weighted by atomic mass is 10.1. The van der Waals surface area contributed by atoms with Crippen LogP contribution in [0.5, 0.6) is 0 Å². The Labute approximate surface area is 119 Å². The van der Waals surface area contributed by atoms with E-state index in [4.69, 9.17) is 4.52 Å². The molecule has 0 unspecified atom stereocenters. The minimum atomic E-state index is -0.418. The number of carbonyl (C=O) groups is 1. The Kier molecular flexibility index (Phi) is 3.02. The largest absolute Gasteiger partial charge is 0.351 e. The fourth-order valence-electron chi connectivity index (χ4n) is 1.95. The average molecular weight is 287 g/mol.